The van der Waals surface area contributed by atoms with Crippen LogP contribution in [0, 0.1) is 23.7 Å². The maximum atomic E-state index is 14.5. The molecule has 3 aliphatic rings. The maximum Gasteiger partial charge on any atom is 0.311 e. The van der Waals surface area contributed by atoms with E-state index in [-0.39, 0.29) is 24.5 Å². The minimum Gasteiger partial charge on any atom is -0.459 e. The zero-order valence-electron chi connectivity index (χ0n) is 38.9. The van der Waals surface area contributed by atoms with Crippen LogP contribution in [0.5, 0.6) is 0 Å². The van der Waals surface area contributed by atoms with Crippen LogP contribution < -0.4 is 0 Å². The standard InChI is InChI=1S/C43H76N2O16/c1-16-32-43(12,53)39(51)24(6)45(15)19-20(2)17-30(25(7)46)35(61-41-33(50)31(44(13)14)18-21(3)54-41)22(4)34(23(5)40(52)59-32)60-42-38(58-29(11)49)37(57-28(10)48)36(26(8)55-42)56-27(9)47/h20-26,30-39,41-42,46,50-51,53H,16-19H2,1-15H3/t20-,21-,22+,23-,24-,25-,26+,30?,31+,32-,33-,34+,35-,36-,37-,38+,39-,41+,42+,43-/m1/s1. The third kappa shape index (κ3) is 13.3. The molecule has 20 atom stereocenters. The molecule has 18 heteroatoms. The van der Waals surface area contributed by atoms with Crippen molar-refractivity contribution in [2.75, 3.05) is 27.7 Å². The Bertz CT molecular complexity index is 1450. The minimum atomic E-state index is -1.91. The van der Waals surface area contributed by atoms with E-state index in [1.165, 1.54) is 13.8 Å². The van der Waals surface area contributed by atoms with Gasteiger partial charge in [0.05, 0.1) is 36.4 Å². The fourth-order valence-corrected chi connectivity index (χ4v) is 9.26. The summed E-state index contributed by atoms with van der Waals surface area (Å²) in [4.78, 5) is 55.7. The highest BCUT2D eigenvalue weighted by Crippen LogP contribution is 2.39. The summed E-state index contributed by atoms with van der Waals surface area (Å²) in [6.07, 6.45) is -14.2. The molecular weight excluding hydrogens is 800 g/mol. The van der Waals surface area contributed by atoms with Gasteiger partial charge in [0, 0.05) is 51.2 Å². The predicted molar refractivity (Wildman–Crippen MR) is 219 cm³/mol. The summed E-state index contributed by atoms with van der Waals surface area (Å²) in [5.74, 6) is -6.06. The molecule has 0 aliphatic carbocycles. The van der Waals surface area contributed by atoms with Crippen LogP contribution in [0.25, 0.3) is 0 Å². The van der Waals surface area contributed by atoms with E-state index in [4.69, 9.17) is 37.9 Å². The summed E-state index contributed by atoms with van der Waals surface area (Å²) in [5.41, 5.74) is -1.91. The number of nitrogens with zero attached hydrogens (tertiary/aromatic N) is 2. The normalized spacial score (nSPS) is 43.0. The number of hydrogen-bond acceptors (Lipinski definition) is 18. The number of carbonyl (C=O) groups is 4. The maximum absolute atomic E-state index is 14.5. The lowest BCUT2D eigenvalue weighted by atomic mass is 9.77. The summed E-state index contributed by atoms with van der Waals surface area (Å²) in [5, 5.41) is 46.8. The highest BCUT2D eigenvalue weighted by atomic mass is 16.7. The first-order chi connectivity index (χ1) is 28.2. The number of aliphatic hydroxyl groups is 4. The summed E-state index contributed by atoms with van der Waals surface area (Å²) < 4.78 is 49.1. The number of ether oxygens (including phenoxy) is 8. The van der Waals surface area contributed by atoms with Crippen molar-refractivity contribution in [2.45, 2.75) is 200 Å². The molecule has 3 saturated heterocycles. The fraction of sp³-hybridized carbons (Fsp3) is 0.907. The van der Waals surface area contributed by atoms with Crippen molar-refractivity contribution in [2.24, 2.45) is 23.7 Å². The van der Waals surface area contributed by atoms with Gasteiger partial charge in [0.2, 0.25) is 0 Å². The van der Waals surface area contributed by atoms with Crippen molar-refractivity contribution in [3.8, 4) is 0 Å². The summed E-state index contributed by atoms with van der Waals surface area (Å²) >= 11 is 0. The smallest absolute Gasteiger partial charge is 0.311 e. The largest absolute Gasteiger partial charge is 0.459 e. The average Bonchev–Trinajstić information content (AvgIpc) is 3.15. The highest BCUT2D eigenvalue weighted by Gasteiger charge is 2.54. The van der Waals surface area contributed by atoms with Crippen LogP contribution in [0.3, 0.4) is 0 Å². The highest BCUT2D eigenvalue weighted by molar-refractivity contribution is 5.73. The van der Waals surface area contributed by atoms with Gasteiger partial charge in [-0.3, -0.25) is 19.2 Å². The van der Waals surface area contributed by atoms with E-state index in [0.29, 0.717) is 19.4 Å². The molecule has 0 aromatic rings. The van der Waals surface area contributed by atoms with Gasteiger partial charge < -0.3 is 68.1 Å². The number of rotatable bonds is 10. The van der Waals surface area contributed by atoms with Crippen LogP contribution in [-0.4, -0.2) is 179 Å². The molecule has 4 N–H and O–H groups in total. The van der Waals surface area contributed by atoms with Crippen LogP contribution >= 0.6 is 0 Å². The summed E-state index contributed by atoms with van der Waals surface area (Å²) in [7, 11) is 5.52. The lowest BCUT2D eigenvalue weighted by molar-refractivity contribution is -0.325. The molecule has 3 rings (SSSR count). The second kappa shape index (κ2) is 22.4. The number of likely N-dealkylation sites (N-methyl/N-ethyl adjacent to an activating group) is 2. The fourth-order valence-electron chi connectivity index (χ4n) is 9.26. The molecule has 0 bridgehead atoms. The molecule has 18 nitrogen and oxygen atoms in total. The van der Waals surface area contributed by atoms with Gasteiger partial charge in [-0.1, -0.05) is 20.8 Å². The van der Waals surface area contributed by atoms with Crippen LogP contribution in [0.4, 0.5) is 0 Å². The van der Waals surface area contributed by atoms with Crippen LogP contribution in [0.2, 0.25) is 0 Å². The Hall–Kier alpha value is -2.52. The van der Waals surface area contributed by atoms with Gasteiger partial charge in [-0.2, -0.15) is 0 Å². The Labute approximate surface area is 361 Å². The molecule has 3 heterocycles. The third-order valence-electron chi connectivity index (χ3n) is 12.7. The topological polar surface area (TPSA) is 230 Å². The molecular formula is C43H76N2O16. The van der Waals surface area contributed by atoms with Gasteiger partial charge in [-0.15, -0.1) is 0 Å². The lowest BCUT2D eigenvalue weighted by Crippen LogP contribution is -2.63. The monoisotopic (exact) mass is 877 g/mol. The molecule has 3 aliphatic heterocycles. The summed E-state index contributed by atoms with van der Waals surface area (Å²) in [6, 6.07) is -0.943. The van der Waals surface area contributed by atoms with Gasteiger partial charge in [-0.25, -0.2) is 0 Å². The van der Waals surface area contributed by atoms with Crippen molar-refractivity contribution in [3.63, 3.8) is 0 Å². The zero-order valence-corrected chi connectivity index (χ0v) is 38.9. The van der Waals surface area contributed by atoms with Crippen LogP contribution in [0.15, 0.2) is 0 Å². The van der Waals surface area contributed by atoms with E-state index < -0.39 is 127 Å². The number of cyclic esters (lactones) is 1. The Morgan fingerprint density at radius 3 is 1.92 bits per heavy atom. The first kappa shape index (κ1) is 52.8. The molecule has 354 valence electrons. The minimum absolute atomic E-state index is 0.133. The molecule has 1 unspecified atom stereocenters. The van der Waals surface area contributed by atoms with Crippen LogP contribution in [0.1, 0.15) is 102 Å². The Morgan fingerprint density at radius 2 is 1.39 bits per heavy atom. The lowest BCUT2D eigenvalue weighted by Gasteiger charge is -2.48. The molecule has 0 saturated carbocycles. The Kier molecular flexibility index (Phi) is 19.4. The van der Waals surface area contributed by atoms with Gasteiger partial charge in [0.15, 0.2) is 30.9 Å². The SMILES string of the molecule is CC[C@H]1OC(=O)[C@H](C)[C@@H](O[C@@H]2O[C@@H](C)[C@@H](OC(C)=O)[C@@H](OC(C)=O)[C@@H]2OC(C)=O)[C@H](C)[C@@H](O[C@@H]2O[C@H](C)C[C@H](N(C)C)[C@H]2O)C([C@@H](C)O)C[C@@H](C)CN(C)[C@H](C)[C@@H](O)[C@]1(C)O. The molecule has 0 aromatic heterocycles. The van der Waals surface area contributed by atoms with Crippen molar-refractivity contribution < 1.29 is 77.5 Å². The molecule has 0 spiro atoms. The molecule has 0 aromatic carbocycles. The predicted octanol–water partition coefficient (Wildman–Crippen LogP) is 1.79. The van der Waals surface area contributed by atoms with Crippen molar-refractivity contribution in [1.82, 2.24) is 9.80 Å². The van der Waals surface area contributed by atoms with E-state index in [9.17, 15) is 39.6 Å². The third-order valence-corrected chi connectivity index (χ3v) is 12.7. The van der Waals surface area contributed by atoms with Gasteiger partial charge in [0.25, 0.3) is 0 Å². The number of hydrogen-bond donors (Lipinski definition) is 4. The second-order valence-corrected chi connectivity index (χ2v) is 18.3. The van der Waals surface area contributed by atoms with E-state index in [2.05, 4.69) is 0 Å². The second-order valence-electron chi connectivity index (χ2n) is 18.3. The quantitative estimate of drug-likeness (QED) is 0.181. The van der Waals surface area contributed by atoms with E-state index >= 15 is 0 Å². The Morgan fingerprint density at radius 1 is 0.852 bits per heavy atom. The van der Waals surface area contributed by atoms with E-state index in [1.54, 1.807) is 41.5 Å². The molecule has 3 fully saturated rings. The summed E-state index contributed by atoms with van der Waals surface area (Å²) in [6.45, 7) is 19.1. The van der Waals surface area contributed by atoms with Crippen LogP contribution in [-0.2, 0) is 57.1 Å². The number of carbonyl (C=O) groups excluding carboxylic acids is 4. The van der Waals surface area contributed by atoms with Gasteiger partial charge in [-0.05, 0) is 87.9 Å². The van der Waals surface area contributed by atoms with Gasteiger partial charge >= 0.3 is 23.9 Å². The molecule has 0 radical (unpaired) electrons. The van der Waals surface area contributed by atoms with E-state index in [1.807, 2.05) is 44.8 Å². The Balaban J connectivity index is 2.31. The van der Waals surface area contributed by atoms with Crippen molar-refractivity contribution >= 4 is 23.9 Å². The van der Waals surface area contributed by atoms with Crippen molar-refractivity contribution in [1.29, 1.82) is 0 Å². The van der Waals surface area contributed by atoms with E-state index in [0.717, 1.165) is 13.8 Å². The average molecular weight is 877 g/mol. The molecule has 61 heavy (non-hydrogen) atoms. The van der Waals surface area contributed by atoms with Crippen molar-refractivity contribution in [3.05, 3.63) is 0 Å². The molecule has 0 amide bonds. The van der Waals surface area contributed by atoms with Gasteiger partial charge in [0.1, 0.15) is 23.9 Å². The first-order valence-corrected chi connectivity index (χ1v) is 21.7. The number of aliphatic hydroxyl groups excluding tert-OH is 3. The number of esters is 4. The first-order valence-electron chi connectivity index (χ1n) is 21.7. The zero-order chi connectivity index (χ0) is 46.4.